The van der Waals surface area contributed by atoms with E-state index in [-0.39, 0.29) is 0 Å². The molecule has 0 radical (unpaired) electrons. The lowest BCUT2D eigenvalue weighted by atomic mass is 10.3. The number of rotatable bonds is 2. The molecule has 1 rings (SSSR count). The standard InChI is InChI=1S/C10H15NOSi/c1-7(8(2)13)12-10-6-4-3-5-9(10)11/h3-6H,11H2,1-2,13H3. The van der Waals surface area contributed by atoms with Crippen LogP contribution in [0.25, 0.3) is 0 Å². The van der Waals surface area contributed by atoms with Gasteiger partial charge in [-0.25, -0.2) is 0 Å². The molecule has 0 aliphatic carbocycles. The Morgan fingerprint density at radius 1 is 1.31 bits per heavy atom. The lowest BCUT2D eigenvalue weighted by molar-refractivity contribution is 0.427. The summed E-state index contributed by atoms with van der Waals surface area (Å²) in [7, 11) is 1.03. The van der Waals surface area contributed by atoms with Crippen molar-refractivity contribution in [1.29, 1.82) is 0 Å². The summed E-state index contributed by atoms with van der Waals surface area (Å²) in [6.07, 6.45) is 0. The number of benzene rings is 1. The van der Waals surface area contributed by atoms with E-state index in [1.807, 2.05) is 31.2 Å². The zero-order valence-electron chi connectivity index (χ0n) is 8.29. The number of hydrogen-bond donors (Lipinski definition) is 1. The van der Waals surface area contributed by atoms with Gasteiger partial charge in [0.25, 0.3) is 0 Å². The molecule has 0 spiro atoms. The summed E-state index contributed by atoms with van der Waals surface area (Å²) in [5.74, 6) is 1.71. The highest BCUT2D eigenvalue weighted by molar-refractivity contribution is 6.21. The molecule has 0 saturated heterocycles. The van der Waals surface area contributed by atoms with Gasteiger partial charge in [0.05, 0.1) is 11.4 Å². The Morgan fingerprint density at radius 2 is 1.92 bits per heavy atom. The summed E-state index contributed by atoms with van der Waals surface area (Å²) in [6.45, 7) is 4.04. The van der Waals surface area contributed by atoms with Crippen molar-refractivity contribution in [1.82, 2.24) is 0 Å². The van der Waals surface area contributed by atoms with E-state index in [2.05, 4.69) is 6.92 Å². The Labute approximate surface area is 81.8 Å². The first kappa shape index (κ1) is 9.86. The topological polar surface area (TPSA) is 35.2 Å². The molecule has 13 heavy (non-hydrogen) atoms. The third-order valence-corrected chi connectivity index (χ3v) is 2.59. The molecule has 1 aromatic carbocycles. The monoisotopic (exact) mass is 193 g/mol. The third kappa shape index (κ3) is 2.63. The second-order valence-electron chi connectivity index (χ2n) is 3.20. The molecular weight excluding hydrogens is 178 g/mol. The summed E-state index contributed by atoms with van der Waals surface area (Å²) in [5, 5.41) is 1.29. The minimum absolute atomic E-state index is 0.685. The zero-order chi connectivity index (χ0) is 9.84. The predicted molar refractivity (Wildman–Crippen MR) is 59.8 cm³/mol. The van der Waals surface area contributed by atoms with Gasteiger partial charge in [0.15, 0.2) is 0 Å². The van der Waals surface area contributed by atoms with Crippen LogP contribution in [0.2, 0.25) is 0 Å². The molecule has 0 amide bonds. The van der Waals surface area contributed by atoms with Crippen molar-refractivity contribution in [3.05, 3.63) is 35.2 Å². The van der Waals surface area contributed by atoms with Crippen molar-refractivity contribution >= 4 is 15.9 Å². The Morgan fingerprint density at radius 3 is 2.46 bits per heavy atom. The maximum atomic E-state index is 5.73. The van der Waals surface area contributed by atoms with Gasteiger partial charge in [-0.05, 0) is 26.0 Å². The van der Waals surface area contributed by atoms with E-state index in [1.165, 1.54) is 5.20 Å². The van der Waals surface area contributed by atoms with E-state index in [9.17, 15) is 0 Å². The van der Waals surface area contributed by atoms with Crippen LogP contribution in [-0.4, -0.2) is 10.2 Å². The Bertz CT molecular complexity index is 329. The summed E-state index contributed by atoms with van der Waals surface area (Å²) in [4.78, 5) is 0. The van der Waals surface area contributed by atoms with E-state index in [1.54, 1.807) is 0 Å². The van der Waals surface area contributed by atoms with Crippen LogP contribution in [0.1, 0.15) is 13.8 Å². The molecule has 0 heterocycles. The van der Waals surface area contributed by atoms with Crippen LogP contribution in [0, 0.1) is 0 Å². The normalized spacial score (nSPS) is 12.5. The molecule has 2 N–H and O–H groups in total. The van der Waals surface area contributed by atoms with Gasteiger partial charge in [0.2, 0.25) is 0 Å². The fraction of sp³-hybridized carbons (Fsp3) is 0.200. The number of nitrogen functional groups attached to an aromatic ring is 1. The van der Waals surface area contributed by atoms with Crippen LogP contribution in [0.5, 0.6) is 5.75 Å². The highest BCUT2D eigenvalue weighted by Gasteiger charge is 1.99. The second-order valence-corrected chi connectivity index (χ2v) is 4.70. The summed E-state index contributed by atoms with van der Waals surface area (Å²) in [6, 6.07) is 7.53. The second kappa shape index (κ2) is 4.14. The van der Waals surface area contributed by atoms with Crippen LogP contribution in [-0.2, 0) is 0 Å². The summed E-state index contributed by atoms with van der Waals surface area (Å²) >= 11 is 0. The molecule has 0 atom stereocenters. The molecule has 3 heteroatoms. The van der Waals surface area contributed by atoms with Crippen molar-refractivity contribution in [2.75, 3.05) is 5.73 Å². The van der Waals surface area contributed by atoms with Crippen molar-refractivity contribution in [3.63, 3.8) is 0 Å². The fourth-order valence-electron chi connectivity index (χ4n) is 0.840. The quantitative estimate of drug-likeness (QED) is 0.436. The molecule has 2 nitrogen and oxygen atoms in total. The molecule has 0 fully saturated rings. The van der Waals surface area contributed by atoms with Gasteiger partial charge < -0.3 is 10.5 Å². The number of allylic oxidation sites excluding steroid dienone is 2. The first-order chi connectivity index (χ1) is 6.11. The smallest absolute Gasteiger partial charge is 0.149 e. The predicted octanol–water partition coefficient (Wildman–Crippen LogP) is 1.26. The molecule has 0 aliphatic heterocycles. The van der Waals surface area contributed by atoms with Crippen LogP contribution in [0.15, 0.2) is 35.2 Å². The number of ether oxygens (including phenoxy) is 1. The number of nitrogens with two attached hydrogens (primary N) is 1. The number of para-hydroxylation sites is 2. The van der Waals surface area contributed by atoms with Crippen LogP contribution < -0.4 is 10.5 Å². The van der Waals surface area contributed by atoms with Crippen molar-refractivity contribution in [3.8, 4) is 5.75 Å². The first-order valence-electron chi connectivity index (χ1n) is 4.27. The Kier molecular flexibility index (Phi) is 3.14. The fourth-order valence-corrected chi connectivity index (χ4v) is 0.943. The summed E-state index contributed by atoms with van der Waals surface area (Å²) < 4.78 is 5.60. The van der Waals surface area contributed by atoms with E-state index in [4.69, 9.17) is 10.5 Å². The first-order valence-corrected chi connectivity index (χ1v) is 5.27. The average Bonchev–Trinajstić information content (AvgIpc) is 2.08. The lowest BCUT2D eigenvalue weighted by Crippen LogP contribution is -1.97. The van der Waals surface area contributed by atoms with E-state index < -0.39 is 0 Å². The zero-order valence-corrected chi connectivity index (χ0v) is 10.3. The molecule has 0 unspecified atom stereocenters. The largest absolute Gasteiger partial charge is 0.460 e. The van der Waals surface area contributed by atoms with Gasteiger partial charge in [0.1, 0.15) is 5.75 Å². The average molecular weight is 193 g/mol. The molecular formula is C10H15NOSi. The third-order valence-electron chi connectivity index (χ3n) is 1.89. The molecule has 1 aromatic rings. The maximum absolute atomic E-state index is 5.73. The Balaban J connectivity index is 2.87. The van der Waals surface area contributed by atoms with Crippen LogP contribution >= 0.6 is 0 Å². The van der Waals surface area contributed by atoms with Crippen molar-refractivity contribution in [2.45, 2.75) is 13.8 Å². The Hall–Kier alpha value is -1.22. The minimum atomic E-state index is 0.685. The maximum Gasteiger partial charge on any atom is 0.149 e. The molecule has 0 bridgehead atoms. The van der Waals surface area contributed by atoms with Gasteiger partial charge in [-0.2, -0.15) is 0 Å². The molecule has 0 aromatic heterocycles. The van der Waals surface area contributed by atoms with Gasteiger partial charge in [-0.1, -0.05) is 17.3 Å². The van der Waals surface area contributed by atoms with Gasteiger partial charge in [0, 0.05) is 10.2 Å². The van der Waals surface area contributed by atoms with Crippen LogP contribution in [0.3, 0.4) is 0 Å². The highest BCUT2D eigenvalue weighted by atomic mass is 28.1. The minimum Gasteiger partial charge on any atom is -0.460 e. The van der Waals surface area contributed by atoms with E-state index in [0.717, 1.165) is 21.8 Å². The van der Waals surface area contributed by atoms with Crippen LogP contribution in [0.4, 0.5) is 5.69 Å². The highest BCUT2D eigenvalue weighted by Crippen LogP contribution is 2.22. The van der Waals surface area contributed by atoms with Crippen molar-refractivity contribution in [2.24, 2.45) is 0 Å². The van der Waals surface area contributed by atoms with E-state index in [0.29, 0.717) is 5.69 Å². The van der Waals surface area contributed by atoms with E-state index >= 15 is 0 Å². The molecule has 70 valence electrons. The molecule has 0 aliphatic rings. The lowest BCUT2D eigenvalue weighted by Gasteiger charge is -2.09. The van der Waals surface area contributed by atoms with Gasteiger partial charge in [-0.15, -0.1) is 0 Å². The number of anilines is 1. The van der Waals surface area contributed by atoms with Gasteiger partial charge >= 0.3 is 0 Å². The van der Waals surface area contributed by atoms with Crippen molar-refractivity contribution < 1.29 is 4.74 Å². The van der Waals surface area contributed by atoms with Gasteiger partial charge in [-0.3, -0.25) is 0 Å². The summed E-state index contributed by atoms with van der Waals surface area (Å²) in [5.41, 5.74) is 6.42. The molecule has 0 saturated carbocycles. The SMILES string of the molecule is CC([SiH3])=C(C)Oc1ccccc1N. The number of hydrogen-bond acceptors (Lipinski definition) is 2.